The summed E-state index contributed by atoms with van der Waals surface area (Å²) in [5, 5.41) is 2.85. The second-order valence-corrected chi connectivity index (χ2v) is 7.34. The number of anilines is 1. The minimum atomic E-state index is -0.856. The third-order valence-electron chi connectivity index (χ3n) is 5.40. The Kier molecular flexibility index (Phi) is 6.11. The molecular formula is C19H28N6O3. The lowest BCUT2D eigenvalue weighted by molar-refractivity contribution is -0.139. The van der Waals surface area contributed by atoms with Crippen molar-refractivity contribution in [2.45, 2.75) is 45.1 Å². The average molecular weight is 388 g/mol. The fourth-order valence-electron chi connectivity index (χ4n) is 4.01. The minimum absolute atomic E-state index is 0.203. The first-order chi connectivity index (χ1) is 13.5. The van der Waals surface area contributed by atoms with Crippen LogP contribution in [-0.4, -0.2) is 75.9 Å². The fraction of sp³-hybridized carbons (Fsp3) is 0.632. The molecule has 28 heavy (non-hydrogen) atoms. The summed E-state index contributed by atoms with van der Waals surface area (Å²) >= 11 is 0. The van der Waals surface area contributed by atoms with Crippen LogP contribution < -0.4 is 10.2 Å². The summed E-state index contributed by atoms with van der Waals surface area (Å²) in [6, 6.07) is -0.460. The van der Waals surface area contributed by atoms with Crippen molar-refractivity contribution in [1.82, 2.24) is 25.1 Å². The van der Waals surface area contributed by atoms with Crippen LogP contribution in [0.25, 0.3) is 0 Å². The van der Waals surface area contributed by atoms with Crippen molar-refractivity contribution < 1.29 is 14.4 Å². The van der Waals surface area contributed by atoms with E-state index in [4.69, 9.17) is 0 Å². The molecule has 3 heterocycles. The first-order valence-corrected chi connectivity index (χ1v) is 9.93. The molecular weight excluding hydrogens is 360 g/mol. The number of amides is 4. The number of piperazine rings is 1. The van der Waals surface area contributed by atoms with Gasteiger partial charge in [-0.3, -0.25) is 19.5 Å². The quantitative estimate of drug-likeness (QED) is 0.700. The van der Waals surface area contributed by atoms with Gasteiger partial charge in [-0.2, -0.15) is 0 Å². The molecule has 2 fully saturated rings. The molecule has 0 bridgehead atoms. The normalized spacial score (nSPS) is 19.1. The fourth-order valence-corrected chi connectivity index (χ4v) is 4.01. The molecule has 0 spiro atoms. The predicted octanol–water partition coefficient (Wildman–Crippen LogP) is 1.02. The van der Waals surface area contributed by atoms with E-state index in [1.54, 1.807) is 23.5 Å². The summed E-state index contributed by atoms with van der Waals surface area (Å²) in [4.78, 5) is 51.3. The molecule has 2 aliphatic rings. The monoisotopic (exact) mass is 388 g/mol. The summed E-state index contributed by atoms with van der Waals surface area (Å²) in [6.07, 6.45) is 7.73. The van der Waals surface area contributed by atoms with E-state index in [0.717, 1.165) is 23.6 Å². The van der Waals surface area contributed by atoms with Crippen molar-refractivity contribution in [3.05, 3.63) is 18.6 Å². The van der Waals surface area contributed by atoms with Gasteiger partial charge in [0.2, 0.25) is 5.91 Å². The Balaban J connectivity index is 1.59. The van der Waals surface area contributed by atoms with Crippen molar-refractivity contribution in [2.24, 2.45) is 0 Å². The van der Waals surface area contributed by atoms with Crippen molar-refractivity contribution >= 4 is 23.7 Å². The van der Waals surface area contributed by atoms with Crippen LogP contribution in [0.3, 0.4) is 0 Å². The van der Waals surface area contributed by atoms with Crippen molar-refractivity contribution in [3.8, 4) is 0 Å². The van der Waals surface area contributed by atoms with Gasteiger partial charge in [0.15, 0.2) is 0 Å². The molecule has 1 aromatic rings. The standard InChI is InChI=1S/C19H28N6O3/c1-3-5-19(6-4-2)17(27)25(18(28)22-19)14-16(26)24-11-9-23(10-12-24)15-13-20-7-8-21-15/h7-8,13H,3-6,9-12,14H2,1-2H3,(H,22,28). The van der Waals surface area contributed by atoms with Crippen LogP contribution in [-0.2, 0) is 9.59 Å². The second-order valence-electron chi connectivity index (χ2n) is 7.34. The van der Waals surface area contributed by atoms with Crippen LogP contribution in [0.5, 0.6) is 0 Å². The molecule has 0 atom stereocenters. The van der Waals surface area contributed by atoms with Crippen LogP contribution in [0.4, 0.5) is 10.6 Å². The molecule has 1 aromatic heterocycles. The SMILES string of the molecule is CCCC1(CCC)NC(=O)N(CC(=O)N2CCN(c3cnccn3)CC2)C1=O. The largest absolute Gasteiger partial charge is 0.352 e. The topological polar surface area (TPSA) is 98.7 Å². The Morgan fingerprint density at radius 1 is 1.11 bits per heavy atom. The average Bonchev–Trinajstić information content (AvgIpc) is 2.93. The van der Waals surface area contributed by atoms with Gasteiger partial charge in [0, 0.05) is 38.6 Å². The first kappa shape index (κ1) is 20.0. The van der Waals surface area contributed by atoms with Crippen LogP contribution in [0.1, 0.15) is 39.5 Å². The Bertz CT molecular complexity index is 712. The highest BCUT2D eigenvalue weighted by Gasteiger charge is 2.50. The van der Waals surface area contributed by atoms with E-state index in [0.29, 0.717) is 39.0 Å². The number of carbonyl (C=O) groups excluding carboxylic acids is 3. The third-order valence-corrected chi connectivity index (χ3v) is 5.40. The zero-order chi connectivity index (χ0) is 20.1. The molecule has 0 unspecified atom stereocenters. The zero-order valence-corrected chi connectivity index (χ0v) is 16.6. The van der Waals surface area contributed by atoms with Gasteiger partial charge in [-0.1, -0.05) is 26.7 Å². The zero-order valence-electron chi connectivity index (χ0n) is 16.6. The van der Waals surface area contributed by atoms with Gasteiger partial charge < -0.3 is 15.1 Å². The van der Waals surface area contributed by atoms with Gasteiger partial charge in [0.05, 0.1) is 6.20 Å². The molecule has 2 aliphatic heterocycles. The number of hydrogen-bond acceptors (Lipinski definition) is 6. The third kappa shape index (κ3) is 3.93. The lowest BCUT2D eigenvalue weighted by Crippen LogP contribution is -2.52. The molecule has 3 rings (SSSR count). The smallest absolute Gasteiger partial charge is 0.325 e. The van der Waals surface area contributed by atoms with E-state index >= 15 is 0 Å². The number of urea groups is 1. The molecule has 4 amide bonds. The van der Waals surface area contributed by atoms with E-state index in [2.05, 4.69) is 20.2 Å². The van der Waals surface area contributed by atoms with Crippen molar-refractivity contribution in [1.29, 1.82) is 0 Å². The number of imide groups is 1. The number of carbonyl (C=O) groups is 3. The first-order valence-electron chi connectivity index (χ1n) is 9.93. The van der Waals surface area contributed by atoms with E-state index in [-0.39, 0.29) is 18.4 Å². The maximum absolute atomic E-state index is 12.9. The molecule has 9 heteroatoms. The number of rotatable bonds is 7. The number of nitrogens with one attached hydrogen (secondary N) is 1. The molecule has 0 aliphatic carbocycles. The van der Waals surface area contributed by atoms with Gasteiger partial charge >= 0.3 is 6.03 Å². The Morgan fingerprint density at radius 3 is 2.36 bits per heavy atom. The molecule has 2 saturated heterocycles. The summed E-state index contributed by atoms with van der Waals surface area (Å²) in [6.45, 7) is 6.09. The molecule has 0 saturated carbocycles. The second kappa shape index (κ2) is 8.53. The summed E-state index contributed by atoms with van der Waals surface area (Å²) in [5.41, 5.74) is -0.856. The Morgan fingerprint density at radius 2 is 1.79 bits per heavy atom. The molecule has 1 N–H and O–H groups in total. The highest BCUT2D eigenvalue weighted by atomic mass is 16.2. The number of aromatic nitrogens is 2. The van der Waals surface area contributed by atoms with Crippen LogP contribution in [0.15, 0.2) is 18.6 Å². The highest BCUT2D eigenvalue weighted by molar-refractivity contribution is 6.09. The number of hydrogen-bond donors (Lipinski definition) is 1. The van der Waals surface area contributed by atoms with Gasteiger partial charge in [-0.05, 0) is 12.8 Å². The molecule has 0 radical (unpaired) electrons. The van der Waals surface area contributed by atoms with Gasteiger partial charge in [-0.15, -0.1) is 0 Å². The van der Waals surface area contributed by atoms with E-state index in [1.807, 2.05) is 13.8 Å². The predicted molar refractivity (Wildman–Crippen MR) is 104 cm³/mol. The summed E-state index contributed by atoms with van der Waals surface area (Å²) < 4.78 is 0. The summed E-state index contributed by atoms with van der Waals surface area (Å²) in [7, 11) is 0. The molecule has 0 aromatic carbocycles. The van der Waals surface area contributed by atoms with E-state index in [9.17, 15) is 14.4 Å². The van der Waals surface area contributed by atoms with Crippen LogP contribution in [0.2, 0.25) is 0 Å². The lowest BCUT2D eigenvalue weighted by atomic mass is 9.88. The van der Waals surface area contributed by atoms with Crippen molar-refractivity contribution in [2.75, 3.05) is 37.6 Å². The van der Waals surface area contributed by atoms with Gasteiger partial charge in [0.25, 0.3) is 5.91 Å². The van der Waals surface area contributed by atoms with E-state index in [1.165, 1.54) is 0 Å². The number of nitrogens with zero attached hydrogens (tertiary/aromatic N) is 5. The maximum Gasteiger partial charge on any atom is 0.325 e. The molecule has 9 nitrogen and oxygen atoms in total. The van der Waals surface area contributed by atoms with Crippen LogP contribution in [0, 0.1) is 0 Å². The van der Waals surface area contributed by atoms with Crippen LogP contribution >= 0.6 is 0 Å². The minimum Gasteiger partial charge on any atom is -0.352 e. The maximum atomic E-state index is 12.9. The van der Waals surface area contributed by atoms with Gasteiger partial charge in [-0.25, -0.2) is 9.78 Å². The van der Waals surface area contributed by atoms with Crippen molar-refractivity contribution in [3.63, 3.8) is 0 Å². The highest BCUT2D eigenvalue weighted by Crippen LogP contribution is 2.28. The van der Waals surface area contributed by atoms with Gasteiger partial charge in [0.1, 0.15) is 17.9 Å². The summed E-state index contributed by atoms with van der Waals surface area (Å²) in [5.74, 6) is 0.312. The Labute approximate surface area is 165 Å². The lowest BCUT2D eigenvalue weighted by Gasteiger charge is -2.35. The molecule has 152 valence electrons. The Hall–Kier alpha value is -2.71. The van der Waals surface area contributed by atoms with E-state index < -0.39 is 11.6 Å².